The molecule has 0 spiro atoms. The average Bonchev–Trinajstić information content (AvgIpc) is 2.37. The molecule has 0 saturated heterocycles. The lowest BCUT2D eigenvalue weighted by molar-refractivity contribution is 0.573. The van der Waals surface area contributed by atoms with Gasteiger partial charge in [-0.2, -0.15) is 0 Å². The summed E-state index contributed by atoms with van der Waals surface area (Å²) in [5, 5.41) is 3.48. The zero-order valence-corrected chi connectivity index (χ0v) is 11.3. The second-order valence-electron chi connectivity index (χ2n) is 4.02. The van der Waals surface area contributed by atoms with Crippen LogP contribution in [0.1, 0.15) is 24.1 Å². The first kappa shape index (κ1) is 12.3. The maximum Gasteiger partial charge on any atom is 0.0312 e. The van der Waals surface area contributed by atoms with Crippen molar-refractivity contribution < 1.29 is 0 Å². The second-order valence-corrected chi connectivity index (χ2v) is 4.93. The number of aromatic nitrogens is 1. The zero-order chi connectivity index (χ0) is 12.1. The van der Waals surface area contributed by atoms with E-state index in [9.17, 15) is 0 Å². The fraction of sp³-hybridized carbons (Fsp3) is 0.214. The normalized spacial score (nSPS) is 12.4. The van der Waals surface area contributed by atoms with E-state index in [4.69, 9.17) is 0 Å². The van der Waals surface area contributed by atoms with Gasteiger partial charge in [-0.25, -0.2) is 0 Å². The van der Waals surface area contributed by atoms with Gasteiger partial charge in [-0.3, -0.25) is 4.98 Å². The number of pyridine rings is 1. The van der Waals surface area contributed by atoms with Gasteiger partial charge in [-0.1, -0.05) is 34.1 Å². The van der Waals surface area contributed by atoms with E-state index >= 15 is 0 Å². The number of benzene rings is 1. The molecule has 17 heavy (non-hydrogen) atoms. The van der Waals surface area contributed by atoms with Gasteiger partial charge >= 0.3 is 0 Å². The summed E-state index contributed by atoms with van der Waals surface area (Å²) >= 11 is 3.49. The Balaban J connectivity index is 1.96. The minimum absolute atomic E-state index is 0.327. The lowest BCUT2D eigenvalue weighted by Gasteiger charge is -2.14. The maximum atomic E-state index is 4.10. The Hall–Kier alpha value is -1.19. The molecule has 2 rings (SSSR count). The standard InChI is InChI=1S/C14H15BrN2/c1-11(13-5-2-6-14(15)8-13)17-10-12-4-3-7-16-9-12/h2-9,11,17H,10H2,1H3/t11-/m0/s1. The van der Waals surface area contributed by atoms with Crippen molar-refractivity contribution in [3.8, 4) is 0 Å². The van der Waals surface area contributed by atoms with Gasteiger partial charge in [0.2, 0.25) is 0 Å². The van der Waals surface area contributed by atoms with Crippen molar-refractivity contribution in [2.24, 2.45) is 0 Å². The van der Waals surface area contributed by atoms with Gasteiger partial charge in [0.15, 0.2) is 0 Å². The van der Waals surface area contributed by atoms with Gasteiger partial charge in [-0.05, 0) is 36.2 Å². The van der Waals surface area contributed by atoms with Gasteiger partial charge in [0.1, 0.15) is 0 Å². The van der Waals surface area contributed by atoms with E-state index in [2.05, 4.69) is 57.4 Å². The lowest BCUT2D eigenvalue weighted by atomic mass is 10.1. The van der Waals surface area contributed by atoms with Crippen molar-refractivity contribution in [1.29, 1.82) is 0 Å². The van der Waals surface area contributed by atoms with Crippen LogP contribution in [-0.4, -0.2) is 4.98 Å². The van der Waals surface area contributed by atoms with E-state index in [1.165, 1.54) is 11.1 Å². The molecule has 1 atom stereocenters. The molecule has 1 heterocycles. The highest BCUT2D eigenvalue weighted by molar-refractivity contribution is 9.10. The van der Waals surface area contributed by atoms with Crippen molar-refractivity contribution in [3.05, 3.63) is 64.4 Å². The summed E-state index contributed by atoms with van der Waals surface area (Å²) < 4.78 is 1.12. The molecule has 0 bridgehead atoms. The van der Waals surface area contributed by atoms with Crippen LogP contribution in [0.3, 0.4) is 0 Å². The SMILES string of the molecule is C[C@H](NCc1cccnc1)c1cccc(Br)c1. The van der Waals surface area contributed by atoms with E-state index < -0.39 is 0 Å². The first-order valence-electron chi connectivity index (χ1n) is 5.63. The molecule has 1 N–H and O–H groups in total. The molecule has 88 valence electrons. The molecule has 0 aliphatic heterocycles. The number of hydrogen-bond donors (Lipinski definition) is 1. The van der Waals surface area contributed by atoms with Crippen LogP contribution in [0.4, 0.5) is 0 Å². The van der Waals surface area contributed by atoms with Gasteiger partial charge in [0.05, 0.1) is 0 Å². The van der Waals surface area contributed by atoms with Crippen LogP contribution in [0.15, 0.2) is 53.3 Å². The van der Waals surface area contributed by atoms with Gasteiger partial charge in [0.25, 0.3) is 0 Å². The highest BCUT2D eigenvalue weighted by Crippen LogP contribution is 2.18. The molecule has 3 heteroatoms. The quantitative estimate of drug-likeness (QED) is 0.929. The number of hydrogen-bond acceptors (Lipinski definition) is 2. The zero-order valence-electron chi connectivity index (χ0n) is 9.73. The van der Waals surface area contributed by atoms with Crippen LogP contribution in [0.5, 0.6) is 0 Å². The van der Waals surface area contributed by atoms with E-state index in [1.54, 1.807) is 6.20 Å². The Morgan fingerprint density at radius 2 is 2.18 bits per heavy atom. The topological polar surface area (TPSA) is 24.9 Å². The molecular formula is C14H15BrN2. The Morgan fingerprint density at radius 1 is 1.29 bits per heavy atom. The van der Waals surface area contributed by atoms with Gasteiger partial charge in [0, 0.05) is 29.5 Å². The maximum absolute atomic E-state index is 4.10. The Morgan fingerprint density at radius 3 is 2.88 bits per heavy atom. The van der Waals surface area contributed by atoms with E-state index in [0.29, 0.717) is 6.04 Å². The molecule has 0 unspecified atom stereocenters. The summed E-state index contributed by atoms with van der Waals surface area (Å²) in [7, 11) is 0. The number of nitrogens with zero attached hydrogens (tertiary/aromatic N) is 1. The first-order chi connectivity index (χ1) is 8.25. The summed E-state index contributed by atoms with van der Waals surface area (Å²) in [6.07, 6.45) is 3.68. The van der Waals surface area contributed by atoms with E-state index in [-0.39, 0.29) is 0 Å². The molecular weight excluding hydrogens is 276 g/mol. The summed E-state index contributed by atoms with van der Waals surface area (Å²) in [6.45, 7) is 3.00. The third-order valence-corrected chi connectivity index (χ3v) is 3.18. The van der Waals surface area contributed by atoms with Crippen LogP contribution >= 0.6 is 15.9 Å². The molecule has 1 aromatic carbocycles. The predicted octanol–water partition coefficient (Wildman–Crippen LogP) is 3.69. The van der Waals surface area contributed by atoms with Gasteiger partial charge < -0.3 is 5.32 Å². The Kier molecular flexibility index (Phi) is 4.29. The average molecular weight is 291 g/mol. The molecule has 0 aliphatic rings. The monoisotopic (exact) mass is 290 g/mol. The third-order valence-electron chi connectivity index (χ3n) is 2.68. The highest BCUT2D eigenvalue weighted by atomic mass is 79.9. The molecule has 2 nitrogen and oxygen atoms in total. The molecule has 0 amide bonds. The fourth-order valence-corrected chi connectivity index (χ4v) is 2.08. The van der Waals surface area contributed by atoms with Crippen LogP contribution in [0, 0.1) is 0 Å². The van der Waals surface area contributed by atoms with E-state index in [1.807, 2.05) is 18.3 Å². The number of halogens is 1. The highest BCUT2D eigenvalue weighted by Gasteiger charge is 2.04. The summed E-state index contributed by atoms with van der Waals surface area (Å²) in [5.74, 6) is 0. The fourth-order valence-electron chi connectivity index (χ4n) is 1.67. The summed E-state index contributed by atoms with van der Waals surface area (Å²) in [4.78, 5) is 4.10. The van der Waals surface area contributed by atoms with Crippen LogP contribution < -0.4 is 5.32 Å². The molecule has 2 aromatic rings. The van der Waals surface area contributed by atoms with Crippen molar-refractivity contribution in [2.75, 3.05) is 0 Å². The van der Waals surface area contributed by atoms with Gasteiger partial charge in [-0.15, -0.1) is 0 Å². The van der Waals surface area contributed by atoms with Crippen LogP contribution in [0.2, 0.25) is 0 Å². The minimum Gasteiger partial charge on any atom is -0.306 e. The minimum atomic E-state index is 0.327. The third kappa shape index (κ3) is 3.65. The van der Waals surface area contributed by atoms with Crippen LogP contribution in [0.25, 0.3) is 0 Å². The predicted molar refractivity (Wildman–Crippen MR) is 73.6 cm³/mol. The molecule has 0 aliphatic carbocycles. The lowest BCUT2D eigenvalue weighted by Crippen LogP contribution is -2.18. The second kappa shape index (κ2) is 5.94. The summed E-state index contributed by atoms with van der Waals surface area (Å²) in [5.41, 5.74) is 2.48. The Labute approximate surface area is 110 Å². The molecule has 0 radical (unpaired) electrons. The molecule has 0 saturated carbocycles. The van der Waals surface area contributed by atoms with Crippen molar-refractivity contribution in [2.45, 2.75) is 19.5 Å². The largest absolute Gasteiger partial charge is 0.306 e. The Bertz CT molecular complexity index is 471. The van der Waals surface area contributed by atoms with Crippen LogP contribution in [-0.2, 0) is 6.54 Å². The molecule has 1 aromatic heterocycles. The number of nitrogens with one attached hydrogen (secondary N) is 1. The molecule has 0 fully saturated rings. The van der Waals surface area contributed by atoms with Crippen molar-refractivity contribution in [1.82, 2.24) is 10.3 Å². The summed E-state index contributed by atoms with van der Waals surface area (Å²) in [6, 6.07) is 12.7. The first-order valence-corrected chi connectivity index (χ1v) is 6.43. The van der Waals surface area contributed by atoms with E-state index in [0.717, 1.165) is 11.0 Å². The smallest absolute Gasteiger partial charge is 0.0312 e. The van der Waals surface area contributed by atoms with Crippen molar-refractivity contribution >= 4 is 15.9 Å². The van der Waals surface area contributed by atoms with Crippen molar-refractivity contribution in [3.63, 3.8) is 0 Å². The number of rotatable bonds is 4.